The fraction of sp³-hybridized carbons (Fsp3) is 0.227. The Bertz CT molecular complexity index is 1020. The highest BCUT2D eigenvalue weighted by Crippen LogP contribution is 2.34. The Balaban J connectivity index is 1.57. The number of para-hydroxylation sites is 1. The van der Waals surface area contributed by atoms with Gasteiger partial charge in [-0.15, -0.1) is 0 Å². The fourth-order valence-corrected chi connectivity index (χ4v) is 4.26. The van der Waals surface area contributed by atoms with Gasteiger partial charge < -0.3 is 15.2 Å². The molecule has 0 bridgehead atoms. The maximum atomic E-state index is 12.7. The van der Waals surface area contributed by atoms with Crippen molar-refractivity contribution in [2.45, 2.75) is 19.8 Å². The van der Waals surface area contributed by atoms with E-state index in [0.717, 1.165) is 16.8 Å². The number of amides is 2. The van der Waals surface area contributed by atoms with Crippen LogP contribution in [0.25, 0.3) is 6.08 Å². The lowest BCUT2D eigenvalue weighted by Gasteiger charge is -2.14. The van der Waals surface area contributed by atoms with Gasteiger partial charge in [0.2, 0.25) is 5.91 Å². The predicted octanol–water partition coefficient (Wildman–Crippen LogP) is 4.33. The van der Waals surface area contributed by atoms with Crippen LogP contribution in [0.5, 0.6) is 11.5 Å². The zero-order chi connectivity index (χ0) is 21.7. The summed E-state index contributed by atoms with van der Waals surface area (Å²) in [6.45, 7) is 2.31. The van der Waals surface area contributed by atoms with Crippen LogP contribution >= 0.6 is 24.0 Å². The van der Waals surface area contributed by atoms with Gasteiger partial charge in [0.05, 0.1) is 12.0 Å². The highest BCUT2D eigenvalue weighted by molar-refractivity contribution is 8.26. The van der Waals surface area contributed by atoms with Crippen molar-refractivity contribution in [3.63, 3.8) is 0 Å². The lowest BCUT2D eigenvalue weighted by molar-refractivity contribution is -0.122. The zero-order valence-electron chi connectivity index (χ0n) is 16.7. The standard InChI is InChI=1S/C22H22N2O4S2/c1-14-6-3-4-7-16(14)23-20(26)8-5-11-24-21(27)19(30-22(24)29)13-15-9-10-17(25)18(12-15)28-2/h3-4,6-7,9-10,12-13,25H,5,8,11H2,1-2H3,(H,23,26)/b19-13-. The average molecular weight is 443 g/mol. The van der Waals surface area contributed by atoms with E-state index >= 15 is 0 Å². The summed E-state index contributed by atoms with van der Waals surface area (Å²) in [5.74, 6) is 0.0860. The van der Waals surface area contributed by atoms with Gasteiger partial charge in [0, 0.05) is 18.7 Å². The third-order valence-electron chi connectivity index (χ3n) is 4.58. The number of thiocarbonyl (C=S) groups is 1. The number of anilines is 1. The number of hydrogen-bond donors (Lipinski definition) is 2. The minimum absolute atomic E-state index is 0.0335. The van der Waals surface area contributed by atoms with E-state index in [1.807, 2.05) is 31.2 Å². The largest absolute Gasteiger partial charge is 0.504 e. The van der Waals surface area contributed by atoms with Gasteiger partial charge >= 0.3 is 0 Å². The summed E-state index contributed by atoms with van der Waals surface area (Å²) in [6.07, 6.45) is 2.51. The fourth-order valence-electron chi connectivity index (χ4n) is 2.95. The molecule has 0 atom stereocenters. The van der Waals surface area contributed by atoms with Crippen LogP contribution in [0.15, 0.2) is 47.4 Å². The molecule has 1 aliphatic rings. The number of aromatic hydroxyl groups is 1. The Morgan fingerprint density at radius 2 is 2.07 bits per heavy atom. The molecule has 0 aromatic heterocycles. The van der Waals surface area contributed by atoms with Gasteiger partial charge in [-0.2, -0.15) is 0 Å². The van der Waals surface area contributed by atoms with Crippen LogP contribution in [-0.4, -0.2) is 39.8 Å². The molecular formula is C22H22N2O4S2. The summed E-state index contributed by atoms with van der Waals surface area (Å²) in [5.41, 5.74) is 2.52. The number of nitrogens with one attached hydrogen (secondary N) is 1. The van der Waals surface area contributed by atoms with Crippen LogP contribution in [0.3, 0.4) is 0 Å². The summed E-state index contributed by atoms with van der Waals surface area (Å²) >= 11 is 6.57. The second-order valence-electron chi connectivity index (χ2n) is 6.73. The second-order valence-corrected chi connectivity index (χ2v) is 8.41. The normalized spacial score (nSPS) is 15.0. The van der Waals surface area contributed by atoms with Gasteiger partial charge in [0.15, 0.2) is 11.5 Å². The first-order valence-corrected chi connectivity index (χ1v) is 10.6. The highest BCUT2D eigenvalue weighted by atomic mass is 32.2. The number of rotatable bonds is 7. The Morgan fingerprint density at radius 3 is 2.80 bits per heavy atom. The highest BCUT2D eigenvalue weighted by Gasteiger charge is 2.31. The van der Waals surface area contributed by atoms with Crippen LogP contribution < -0.4 is 10.1 Å². The first-order valence-electron chi connectivity index (χ1n) is 9.37. The maximum absolute atomic E-state index is 12.7. The van der Waals surface area contributed by atoms with E-state index in [0.29, 0.717) is 34.4 Å². The van der Waals surface area contributed by atoms with Crippen molar-refractivity contribution in [3.05, 3.63) is 58.5 Å². The minimum Gasteiger partial charge on any atom is -0.504 e. The number of ether oxygens (including phenoxy) is 1. The molecule has 3 rings (SSSR count). The number of carbonyl (C=O) groups is 2. The Labute approximate surface area is 184 Å². The van der Waals surface area contributed by atoms with E-state index in [-0.39, 0.29) is 17.6 Å². The van der Waals surface area contributed by atoms with E-state index in [1.54, 1.807) is 18.2 Å². The van der Waals surface area contributed by atoms with Gasteiger partial charge in [0.25, 0.3) is 5.91 Å². The summed E-state index contributed by atoms with van der Waals surface area (Å²) in [5, 5.41) is 12.6. The van der Waals surface area contributed by atoms with Gasteiger partial charge in [-0.05, 0) is 48.7 Å². The number of carbonyl (C=O) groups excluding carboxylic acids is 2. The molecule has 30 heavy (non-hydrogen) atoms. The smallest absolute Gasteiger partial charge is 0.266 e. The van der Waals surface area contributed by atoms with Crippen molar-refractivity contribution in [1.29, 1.82) is 0 Å². The lowest BCUT2D eigenvalue weighted by Crippen LogP contribution is -2.29. The number of thioether (sulfide) groups is 1. The van der Waals surface area contributed by atoms with E-state index in [9.17, 15) is 14.7 Å². The summed E-state index contributed by atoms with van der Waals surface area (Å²) in [6, 6.07) is 12.4. The quantitative estimate of drug-likeness (QED) is 0.491. The van der Waals surface area contributed by atoms with Crippen molar-refractivity contribution < 1.29 is 19.4 Å². The minimum atomic E-state index is -0.184. The number of phenolic OH excluding ortho intramolecular Hbond substituents is 1. The second kappa shape index (κ2) is 9.77. The molecule has 2 aromatic carbocycles. The van der Waals surface area contributed by atoms with Gasteiger partial charge in [0.1, 0.15) is 4.32 Å². The van der Waals surface area contributed by atoms with Crippen molar-refractivity contribution in [1.82, 2.24) is 4.90 Å². The molecule has 1 aliphatic heterocycles. The Hall–Kier alpha value is -2.84. The van der Waals surface area contributed by atoms with Gasteiger partial charge in [-0.1, -0.05) is 48.2 Å². The van der Waals surface area contributed by atoms with E-state index in [4.69, 9.17) is 17.0 Å². The van der Waals surface area contributed by atoms with Crippen LogP contribution in [0.2, 0.25) is 0 Å². The number of methoxy groups -OCH3 is 1. The van der Waals surface area contributed by atoms with Crippen molar-refractivity contribution in [3.8, 4) is 11.5 Å². The Morgan fingerprint density at radius 1 is 1.30 bits per heavy atom. The van der Waals surface area contributed by atoms with Crippen molar-refractivity contribution in [2.75, 3.05) is 19.0 Å². The van der Waals surface area contributed by atoms with Crippen molar-refractivity contribution >= 4 is 51.9 Å². The summed E-state index contributed by atoms with van der Waals surface area (Å²) in [4.78, 5) is 26.9. The third-order valence-corrected chi connectivity index (χ3v) is 5.96. The molecule has 6 nitrogen and oxygen atoms in total. The Kier molecular flexibility index (Phi) is 7.12. The summed E-state index contributed by atoms with van der Waals surface area (Å²) < 4.78 is 5.57. The molecular weight excluding hydrogens is 420 g/mol. The number of nitrogens with zero attached hydrogens (tertiary/aromatic N) is 1. The summed E-state index contributed by atoms with van der Waals surface area (Å²) in [7, 11) is 1.47. The first kappa shape index (κ1) is 21.9. The number of hydrogen-bond acceptors (Lipinski definition) is 6. The van der Waals surface area contributed by atoms with Crippen LogP contribution in [0.4, 0.5) is 5.69 Å². The molecule has 1 saturated heterocycles. The molecule has 1 fully saturated rings. The van der Waals surface area contributed by atoms with Gasteiger partial charge in [-0.3, -0.25) is 14.5 Å². The molecule has 0 aliphatic carbocycles. The number of phenols is 1. The molecule has 2 aromatic rings. The molecule has 2 N–H and O–H groups in total. The number of benzene rings is 2. The van der Waals surface area contributed by atoms with Crippen LogP contribution in [-0.2, 0) is 9.59 Å². The van der Waals surface area contributed by atoms with E-state index < -0.39 is 0 Å². The molecule has 2 amide bonds. The van der Waals surface area contributed by atoms with E-state index in [1.165, 1.54) is 29.8 Å². The third kappa shape index (κ3) is 5.20. The van der Waals surface area contributed by atoms with Gasteiger partial charge in [-0.25, -0.2) is 0 Å². The SMILES string of the molecule is COc1cc(/C=C2\SC(=S)N(CCCC(=O)Nc3ccccc3C)C2=O)ccc1O. The molecule has 0 spiro atoms. The van der Waals surface area contributed by atoms with Crippen LogP contribution in [0.1, 0.15) is 24.0 Å². The molecule has 0 saturated carbocycles. The molecule has 0 unspecified atom stereocenters. The molecule has 0 radical (unpaired) electrons. The number of aryl methyl sites for hydroxylation is 1. The van der Waals surface area contributed by atoms with Crippen LogP contribution in [0, 0.1) is 6.92 Å². The zero-order valence-corrected chi connectivity index (χ0v) is 18.3. The molecule has 8 heteroatoms. The molecule has 156 valence electrons. The first-order chi connectivity index (χ1) is 14.4. The predicted molar refractivity (Wildman–Crippen MR) is 124 cm³/mol. The molecule has 1 heterocycles. The maximum Gasteiger partial charge on any atom is 0.266 e. The monoisotopic (exact) mass is 442 g/mol. The van der Waals surface area contributed by atoms with Crippen molar-refractivity contribution in [2.24, 2.45) is 0 Å². The average Bonchev–Trinajstić information content (AvgIpc) is 2.98. The lowest BCUT2D eigenvalue weighted by atomic mass is 10.2. The topological polar surface area (TPSA) is 78.9 Å². The van der Waals surface area contributed by atoms with E-state index in [2.05, 4.69) is 5.32 Å².